The van der Waals surface area contributed by atoms with Gasteiger partial charge in [0.25, 0.3) is 5.69 Å². The van der Waals surface area contributed by atoms with Gasteiger partial charge in [0.1, 0.15) is 5.69 Å². The van der Waals surface area contributed by atoms with E-state index in [1.807, 2.05) is 6.07 Å². The maximum Gasteiger partial charge on any atom is 0.293 e. The number of nitro benzene ring substituents is 1. The number of hydrogen-bond acceptors (Lipinski definition) is 6. The number of aromatic nitrogens is 1. The van der Waals surface area contributed by atoms with Crippen molar-refractivity contribution in [2.45, 2.75) is 30.7 Å². The number of benzene rings is 1. The highest BCUT2D eigenvalue weighted by molar-refractivity contribution is 7.89. The Morgan fingerprint density at radius 3 is 2.62 bits per heavy atom. The Kier molecular flexibility index (Phi) is 5.48. The molecule has 0 amide bonds. The van der Waals surface area contributed by atoms with Crippen LogP contribution in [0.4, 0.5) is 11.4 Å². The first kappa shape index (κ1) is 18.3. The van der Waals surface area contributed by atoms with Gasteiger partial charge >= 0.3 is 0 Å². The molecule has 8 nitrogen and oxygen atoms in total. The summed E-state index contributed by atoms with van der Waals surface area (Å²) in [6.07, 6.45) is 5.93. The molecule has 9 heteroatoms. The molecule has 0 radical (unpaired) electrons. The van der Waals surface area contributed by atoms with Gasteiger partial charge in [0.2, 0.25) is 10.0 Å². The van der Waals surface area contributed by atoms with Crippen molar-refractivity contribution in [3.63, 3.8) is 0 Å². The quantitative estimate of drug-likeness (QED) is 0.614. The molecule has 1 aliphatic rings. The van der Waals surface area contributed by atoms with Crippen molar-refractivity contribution in [2.75, 3.05) is 18.4 Å². The van der Waals surface area contributed by atoms with Crippen LogP contribution in [0.1, 0.15) is 24.8 Å². The van der Waals surface area contributed by atoms with Crippen LogP contribution < -0.4 is 5.32 Å². The van der Waals surface area contributed by atoms with E-state index in [2.05, 4.69) is 10.3 Å². The second-order valence-electron chi connectivity index (χ2n) is 6.12. The first-order chi connectivity index (χ1) is 12.5. The molecule has 1 aromatic carbocycles. The molecule has 3 rings (SSSR count). The Labute approximate surface area is 152 Å². The summed E-state index contributed by atoms with van der Waals surface area (Å²) in [6.45, 7) is 1.27. The lowest BCUT2D eigenvalue weighted by Crippen LogP contribution is -2.35. The van der Waals surface area contributed by atoms with Crippen LogP contribution >= 0.6 is 0 Å². The number of sulfonamides is 1. The van der Waals surface area contributed by atoms with Crippen molar-refractivity contribution in [2.24, 2.45) is 0 Å². The van der Waals surface area contributed by atoms with Crippen LogP contribution in [-0.2, 0) is 16.6 Å². The molecule has 1 saturated heterocycles. The van der Waals surface area contributed by atoms with Gasteiger partial charge in [-0.25, -0.2) is 8.42 Å². The van der Waals surface area contributed by atoms with E-state index in [0.717, 1.165) is 30.9 Å². The van der Waals surface area contributed by atoms with E-state index in [4.69, 9.17) is 0 Å². The van der Waals surface area contributed by atoms with Gasteiger partial charge in [-0.15, -0.1) is 0 Å². The highest BCUT2D eigenvalue weighted by Crippen LogP contribution is 2.30. The molecule has 26 heavy (non-hydrogen) atoms. The van der Waals surface area contributed by atoms with E-state index in [1.165, 1.54) is 16.4 Å². The third-order valence-electron chi connectivity index (χ3n) is 4.32. The van der Waals surface area contributed by atoms with Crippen LogP contribution in [0.3, 0.4) is 0 Å². The number of nitrogens with one attached hydrogen (secondary N) is 1. The molecular formula is C17H20N4O4S. The van der Waals surface area contributed by atoms with Crippen molar-refractivity contribution >= 4 is 21.4 Å². The minimum absolute atomic E-state index is 0.0435. The van der Waals surface area contributed by atoms with E-state index in [0.29, 0.717) is 19.6 Å². The molecule has 0 saturated carbocycles. The minimum atomic E-state index is -3.71. The first-order valence-electron chi connectivity index (χ1n) is 8.40. The fourth-order valence-corrected chi connectivity index (χ4v) is 4.46. The van der Waals surface area contributed by atoms with E-state index >= 15 is 0 Å². The van der Waals surface area contributed by atoms with Crippen LogP contribution in [0.15, 0.2) is 47.6 Å². The molecule has 1 aliphatic heterocycles. The van der Waals surface area contributed by atoms with Crippen LogP contribution in [0.2, 0.25) is 0 Å². The zero-order valence-electron chi connectivity index (χ0n) is 14.2. The minimum Gasteiger partial charge on any atom is -0.375 e. The molecule has 1 N–H and O–H groups in total. The smallest absolute Gasteiger partial charge is 0.293 e. The molecule has 0 bridgehead atoms. The van der Waals surface area contributed by atoms with Crippen molar-refractivity contribution in [3.8, 4) is 0 Å². The number of rotatable bonds is 6. The lowest BCUT2D eigenvalue weighted by Gasteiger charge is -2.25. The fraction of sp³-hybridized carbons (Fsp3) is 0.353. The molecule has 138 valence electrons. The molecule has 1 aromatic heterocycles. The van der Waals surface area contributed by atoms with Gasteiger partial charge in [-0.2, -0.15) is 4.31 Å². The summed E-state index contributed by atoms with van der Waals surface area (Å²) in [7, 11) is -3.71. The van der Waals surface area contributed by atoms with E-state index in [-0.39, 0.29) is 16.3 Å². The summed E-state index contributed by atoms with van der Waals surface area (Å²) >= 11 is 0. The van der Waals surface area contributed by atoms with Crippen molar-refractivity contribution in [3.05, 3.63) is 58.4 Å². The largest absolute Gasteiger partial charge is 0.375 e. The van der Waals surface area contributed by atoms with E-state index in [1.54, 1.807) is 18.5 Å². The molecule has 2 heterocycles. The Morgan fingerprint density at radius 2 is 1.96 bits per heavy atom. The summed E-state index contributed by atoms with van der Waals surface area (Å²) in [5, 5.41) is 14.4. The van der Waals surface area contributed by atoms with Crippen molar-refractivity contribution in [1.82, 2.24) is 9.29 Å². The monoisotopic (exact) mass is 376 g/mol. The van der Waals surface area contributed by atoms with Gasteiger partial charge in [-0.3, -0.25) is 15.1 Å². The highest BCUT2D eigenvalue weighted by Gasteiger charge is 2.28. The third kappa shape index (κ3) is 4.00. The number of hydrogen-bond donors (Lipinski definition) is 1. The summed E-state index contributed by atoms with van der Waals surface area (Å²) in [5.74, 6) is 0. The lowest BCUT2D eigenvalue weighted by atomic mass is 10.2. The van der Waals surface area contributed by atoms with Crippen LogP contribution in [-0.4, -0.2) is 35.7 Å². The van der Waals surface area contributed by atoms with Gasteiger partial charge < -0.3 is 5.32 Å². The normalized spacial score (nSPS) is 15.5. The molecule has 0 spiro atoms. The Bertz CT molecular complexity index is 881. The number of nitrogens with zero attached hydrogens (tertiary/aromatic N) is 3. The second-order valence-corrected chi connectivity index (χ2v) is 8.05. The summed E-state index contributed by atoms with van der Waals surface area (Å²) in [6, 6.07) is 7.63. The van der Waals surface area contributed by atoms with E-state index in [9.17, 15) is 18.5 Å². The zero-order valence-corrected chi connectivity index (χ0v) is 15.0. The number of pyridine rings is 1. The van der Waals surface area contributed by atoms with Gasteiger partial charge in [-0.1, -0.05) is 12.5 Å². The Morgan fingerprint density at radius 1 is 1.19 bits per heavy atom. The topological polar surface area (TPSA) is 105 Å². The number of nitro groups is 1. The molecule has 0 aliphatic carbocycles. The van der Waals surface area contributed by atoms with Gasteiger partial charge in [0.05, 0.1) is 9.82 Å². The predicted molar refractivity (Wildman–Crippen MR) is 97.3 cm³/mol. The van der Waals surface area contributed by atoms with E-state index < -0.39 is 14.9 Å². The molecule has 0 unspecified atom stereocenters. The molecular weight excluding hydrogens is 356 g/mol. The first-order valence-corrected chi connectivity index (χ1v) is 9.84. The number of piperidine rings is 1. The van der Waals surface area contributed by atoms with Gasteiger partial charge in [-0.05, 0) is 36.6 Å². The lowest BCUT2D eigenvalue weighted by molar-refractivity contribution is -0.384. The van der Waals surface area contributed by atoms with Gasteiger partial charge in [0, 0.05) is 38.1 Å². The number of anilines is 1. The molecule has 2 aromatic rings. The van der Waals surface area contributed by atoms with Crippen LogP contribution in [0, 0.1) is 10.1 Å². The summed E-state index contributed by atoms with van der Waals surface area (Å²) < 4.78 is 26.9. The maximum atomic E-state index is 12.7. The fourth-order valence-electron chi connectivity index (χ4n) is 2.93. The SMILES string of the molecule is O=[N+]([O-])c1cc(S(=O)(=O)N2CCCCC2)ccc1NCc1cccnc1. The van der Waals surface area contributed by atoms with Crippen LogP contribution in [0.25, 0.3) is 0 Å². The third-order valence-corrected chi connectivity index (χ3v) is 6.22. The van der Waals surface area contributed by atoms with Crippen molar-refractivity contribution in [1.29, 1.82) is 0 Å². The average molecular weight is 376 g/mol. The summed E-state index contributed by atoms with van der Waals surface area (Å²) in [4.78, 5) is 14.8. The van der Waals surface area contributed by atoms with Crippen molar-refractivity contribution < 1.29 is 13.3 Å². The summed E-state index contributed by atoms with van der Waals surface area (Å²) in [5.41, 5.74) is 0.884. The predicted octanol–water partition coefficient (Wildman–Crippen LogP) is 2.78. The Balaban J connectivity index is 1.85. The second kappa shape index (κ2) is 7.79. The maximum absolute atomic E-state index is 12.7. The Hall–Kier alpha value is -2.52. The standard InChI is InChI=1S/C17H20N4O4S/c22-21(23)17-11-15(26(24,25)20-9-2-1-3-10-20)6-7-16(17)19-13-14-5-4-8-18-12-14/h4-8,11-12,19H,1-3,9-10,13H2. The van der Waals surface area contributed by atoms with Crippen LogP contribution in [0.5, 0.6) is 0 Å². The zero-order chi connectivity index (χ0) is 18.6. The van der Waals surface area contributed by atoms with Gasteiger partial charge in [0.15, 0.2) is 0 Å². The average Bonchev–Trinajstić information content (AvgIpc) is 2.67. The molecule has 0 atom stereocenters. The highest BCUT2D eigenvalue weighted by atomic mass is 32.2. The molecule has 1 fully saturated rings.